The first-order valence-electron chi connectivity index (χ1n) is 6.57. The Morgan fingerprint density at radius 3 is 2.75 bits per heavy atom. The number of hydrogen-bond acceptors (Lipinski definition) is 2. The summed E-state index contributed by atoms with van der Waals surface area (Å²) in [7, 11) is 0. The van der Waals surface area contributed by atoms with Crippen LogP contribution >= 0.6 is 0 Å². The van der Waals surface area contributed by atoms with Crippen LogP contribution in [-0.2, 0) is 11.0 Å². The fourth-order valence-corrected chi connectivity index (χ4v) is 2.24. The van der Waals surface area contributed by atoms with E-state index in [2.05, 4.69) is 10.6 Å². The van der Waals surface area contributed by atoms with Crippen LogP contribution in [0.25, 0.3) is 0 Å². The van der Waals surface area contributed by atoms with Crippen LogP contribution in [0.5, 0.6) is 0 Å². The van der Waals surface area contributed by atoms with Crippen LogP contribution < -0.4 is 10.6 Å². The smallest absolute Gasteiger partial charge is 0.326 e. The van der Waals surface area contributed by atoms with Crippen molar-refractivity contribution >= 4 is 11.6 Å². The molecule has 0 unspecified atom stereocenters. The van der Waals surface area contributed by atoms with Crippen molar-refractivity contribution in [2.24, 2.45) is 5.92 Å². The van der Waals surface area contributed by atoms with E-state index in [4.69, 9.17) is 0 Å². The van der Waals surface area contributed by atoms with E-state index in [1.807, 2.05) is 0 Å². The van der Waals surface area contributed by atoms with Gasteiger partial charge in [0.25, 0.3) is 0 Å². The number of anilines is 1. The molecule has 1 aromatic carbocycles. The number of hydrogen-bond donors (Lipinski definition) is 2. The van der Waals surface area contributed by atoms with Crippen LogP contribution in [0.2, 0.25) is 0 Å². The lowest BCUT2D eigenvalue weighted by atomic mass is 9.98. The summed E-state index contributed by atoms with van der Waals surface area (Å²) in [5, 5.41) is 5.72. The fourth-order valence-electron chi connectivity index (χ4n) is 2.24. The number of amides is 1. The second-order valence-electron chi connectivity index (χ2n) is 5.06. The van der Waals surface area contributed by atoms with E-state index in [1.165, 1.54) is 6.07 Å². The number of carbonyl (C=O) groups excluding carboxylic acids is 1. The number of halogens is 3. The van der Waals surface area contributed by atoms with Gasteiger partial charge in [0.05, 0.1) is 11.5 Å². The van der Waals surface area contributed by atoms with E-state index in [0.717, 1.165) is 31.5 Å². The summed E-state index contributed by atoms with van der Waals surface area (Å²) in [5.74, 6) is -0.405. The van der Waals surface area contributed by atoms with E-state index in [1.54, 1.807) is 6.92 Å². The maximum atomic E-state index is 12.7. The van der Waals surface area contributed by atoms with E-state index in [9.17, 15) is 18.0 Å². The molecule has 0 radical (unpaired) electrons. The summed E-state index contributed by atoms with van der Waals surface area (Å²) < 4.78 is 38.0. The van der Waals surface area contributed by atoms with Crippen LogP contribution in [0.1, 0.15) is 24.0 Å². The molecule has 1 aromatic rings. The summed E-state index contributed by atoms with van der Waals surface area (Å²) in [5.41, 5.74) is 0.102. The molecule has 0 bridgehead atoms. The molecule has 2 N–H and O–H groups in total. The van der Waals surface area contributed by atoms with Gasteiger partial charge in [-0.15, -0.1) is 0 Å². The maximum absolute atomic E-state index is 12.7. The van der Waals surface area contributed by atoms with E-state index >= 15 is 0 Å². The zero-order valence-electron chi connectivity index (χ0n) is 11.2. The zero-order valence-corrected chi connectivity index (χ0v) is 11.2. The Hall–Kier alpha value is -1.56. The number of aryl methyl sites for hydroxylation is 1. The molecule has 3 nitrogen and oxygen atoms in total. The Morgan fingerprint density at radius 1 is 1.40 bits per heavy atom. The third-order valence-electron chi connectivity index (χ3n) is 3.49. The van der Waals surface area contributed by atoms with Crippen molar-refractivity contribution in [1.29, 1.82) is 0 Å². The van der Waals surface area contributed by atoms with Crippen molar-refractivity contribution in [1.82, 2.24) is 5.32 Å². The quantitative estimate of drug-likeness (QED) is 0.877. The monoisotopic (exact) mass is 286 g/mol. The summed E-state index contributed by atoms with van der Waals surface area (Å²) in [4.78, 5) is 12.0. The Morgan fingerprint density at radius 2 is 2.15 bits per heavy atom. The highest BCUT2D eigenvalue weighted by Crippen LogP contribution is 2.32. The molecular weight excluding hydrogens is 269 g/mol. The predicted molar refractivity (Wildman–Crippen MR) is 70.4 cm³/mol. The van der Waals surface area contributed by atoms with Crippen molar-refractivity contribution < 1.29 is 18.0 Å². The Bertz CT molecular complexity index is 494. The van der Waals surface area contributed by atoms with Gasteiger partial charge in [0.15, 0.2) is 0 Å². The highest BCUT2D eigenvalue weighted by atomic mass is 19.4. The standard InChI is InChI=1S/C14H17F3N2O/c1-9-4-5-11(14(15,16)17)7-12(9)19-13(20)10-3-2-6-18-8-10/h4-5,7,10,18H,2-3,6,8H2,1H3,(H,19,20)/t10-/m1/s1. The number of benzene rings is 1. The second kappa shape index (κ2) is 5.83. The van der Waals surface area contributed by atoms with Gasteiger partial charge in [0.1, 0.15) is 0 Å². The van der Waals surface area contributed by atoms with Crippen LogP contribution in [0, 0.1) is 12.8 Å². The minimum atomic E-state index is -4.40. The average molecular weight is 286 g/mol. The van der Waals surface area contributed by atoms with E-state index in [-0.39, 0.29) is 17.5 Å². The van der Waals surface area contributed by atoms with Crippen LogP contribution in [0.15, 0.2) is 18.2 Å². The summed E-state index contributed by atoms with van der Waals surface area (Å²) >= 11 is 0. The lowest BCUT2D eigenvalue weighted by Crippen LogP contribution is -2.37. The van der Waals surface area contributed by atoms with Gasteiger partial charge in [-0.3, -0.25) is 4.79 Å². The number of nitrogens with one attached hydrogen (secondary N) is 2. The molecule has 110 valence electrons. The highest BCUT2D eigenvalue weighted by molar-refractivity contribution is 5.93. The molecule has 6 heteroatoms. The molecule has 1 aliphatic rings. The SMILES string of the molecule is Cc1ccc(C(F)(F)F)cc1NC(=O)[C@@H]1CCCNC1. The molecule has 1 heterocycles. The van der Waals surface area contributed by atoms with Gasteiger partial charge >= 0.3 is 6.18 Å². The molecular formula is C14H17F3N2O. The zero-order chi connectivity index (χ0) is 14.8. The minimum Gasteiger partial charge on any atom is -0.326 e. The lowest BCUT2D eigenvalue weighted by molar-refractivity contribution is -0.137. The van der Waals surface area contributed by atoms with Crippen molar-refractivity contribution in [3.63, 3.8) is 0 Å². The maximum Gasteiger partial charge on any atom is 0.416 e. The van der Waals surface area contributed by atoms with Crippen LogP contribution in [-0.4, -0.2) is 19.0 Å². The first-order chi connectivity index (χ1) is 9.38. The molecule has 1 aliphatic heterocycles. The van der Waals surface area contributed by atoms with Crippen molar-refractivity contribution in [3.8, 4) is 0 Å². The molecule has 1 atom stereocenters. The molecule has 20 heavy (non-hydrogen) atoms. The molecule has 0 aliphatic carbocycles. The molecule has 1 saturated heterocycles. The summed E-state index contributed by atoms with van der Waals surface area (Å²) in [6, 6.07) is 3.38. The normalized spacial score (nSPS) is 19.7. The topological polar surface area (TPSA) is 41.1 Å². The molecule has 2 rings (SSSR count). The van der Waals surface area contributed by atoms with Gasteiger partial charge in [0.2, 0.25) is 5.91 Å². The first-order valence-corrected chi connectivity index (χ1v) is 6.57. The largest absolute Gasteiger partial charge is 0.416 e. The minimum absolute atomic E-state index is 0.183. The van der Waals surface area contributed by atoms with Crippen molar-refractivity contribution in [3.05, 3.63) is 29.3 Å². The van der Waals surface area contributed by atoms with Crippen molar-refractivity contribution in [2.75, 3.05) is 18.4 Å². The van der Waals surface area contributed by atoms with Crippen molar-refractivity contribution in [2.45, 2.75) is 25.9 Å². The molecule has 0 saturated carbocycles. The van der Waals surface area contributed by atoms with Gasteiger partial charge in [-0.05, 0) is 44.0 Å². The van der Waals surface area contributed by atoms with Gasteiger partial charge in [-0.25, -0.2) is 0 Å². The third kappa shape index (κ3) is 3.50. The molecule has 0 spiro atoms. The molecule has 1 amide bonds. The average Bonchev–Trinajstić information content (AvgIpc) is 2.41. The van der Waals surface area contributed by atoms with Gasteiger partial charge in [-0.2, -0.15) is 13.2 Å². The molecule has 0 aromatic heterocycles. The number of carbonyl (C=O) groups is 1. The van der Waals surface area contributed by atoms with Crippen LogP contribution in [0.4, 0.5) is 18.9 Å². The van der Waals surface area contributed by atoms with Gasteiger partial charge in [-0.1, -0.05) is 6.07 Å². The van der Waals surface area contributed by atoms with E-state index in [0.29, 0.717) is 12.1 Å². The van der Waals surface area contributed by atoms with Gasteiger partial charge in [0, 0.05) is 12.2 Å². The highest BCUT2D eigenvalue weighted by Gasteiger charge is 2.31. The lowest BCUT2D eigenvalue weighted by Gasteiger charge is -2.22. The Balaban J connectivity index is 2.13. The third-order valence-corrected chi connectivity index (χ3v) is 3.49. The van der Waals surface area contributed by atoms with Gasteiger partial charge < -0.3 is 10.6 Å². The summed E-state index contributed by atoms with van der Waals surface area (Å²) in [6.45, 7) is 3.13. The number of piperidine rings is 1. The fraction of sp³-hybridized carbons (Fsp3) is 0.500. The van der Waals surface area contributed by atoms with Crippen LogP contribution in [0.3, 0.4) is 0 Å². The molecule has 1 fully saturated rings. The second-order valence-corrected chi connectivity index (χ2v) is 5.06. The summed E-state index contributed by atoms with van der Waals surface area (Å²) in [6.07, 6.45) is -2.74. The predicted octanol–water partition coefficient (Wildman–Crippen LogP) is 2.95. The van der Waals surface area contributed by atoms with E-state index < -0.39 is 11.7 Å². The first kappa shape index (κ1) is 14.8. The number of alkyl halides is 3. The number of rotatable bonds is 2. The Labute approximate surface area is 115 Å². The Kier molecular flexibility index (Phi) is 4.32.